The number of nitrogens with zero attached hydrogens (tertiary/aromatic N) is 3. The maximum Gasteiger partial charge on any atom is 0.416 e. The van der Waals surface area contributed by atoms with Crippen LogP contribution < -0.4 is 5.32 Å². The molecular weight excluding hydrogens is 433 g/mol. The molecule has 3 aromatic heterocycles. The summed E-state index contributed by atoms with van der Waals surface area (Å²) in [6.07, 6.45) is -1.43. The van der Waals surface area contributed by atoms with Crippen LogP contribution >= 0.6 is 11.8 Å². The van der Waals surface area contributed by atoms with Crippen molar-refractivity contribution in [1.82, 2.24) is 14.8 Å². The van der Waals surface area contributed by atoms with Gasteiger partial charge in [0.15, 0.2) is 10.9 Å². The third-order valence-corrected chi connectivity index (χ3v) is 5.13. The summed E-state index contributed by atoms with van der Waals surface area (Å²) in [6, 6.07) is 11.5. The average molecular weight is 448 g/mol. The normalized spacial score (nSPS) is 11.6. The van der Waals surface area contributed by atoms with Gasteiger partial charge >= 0.3 is 6.18 Å². The van der Waals surface area contributed by atoms with E-state index < -0.39 is 17.6 Å². The number of halogens is 3. The van der Waals surface area contributed by atoms with E-state index in [2.05, 4.69) is 15.5 Å². The molecule has 0 spiro atoms. The van der Waals surface area contributed by atoms with Gasteiger partial charge in [0.1, 0.15) is 5.76 Å². The molecule has 0 aliphatic heterocycles. The smallest absolute Gasteiger partial charge is 0.416 e. The van der Waals surface area contributed by atoms with E-state index in [0.717, 1.165) is 23.9 Å². The van der Waals surface area contributed by atoms with Crippen molar-refractivity contribution in [1.29, 1.82) is 0 Å². The molecule has 0 aliphatic rings. The second-order valence-corrected chi connectivity index (χ2v) is 7.31. The number of thioether (sulfide) groups is 1. The van der Waals surface area contributed by atoms with E-state index >= 15 is 0 Å². The van der Waals surface area contributed by atoms with Gasteiger partial charge in [-0.3, -0.25) is 9.36 Å². The molecule has 11 heteroatoms. The zero-order chi connectivity index (χ0) is 21.8. The van der Waals surface area contributed by atoms with Crippen LogP contribution in [0.25, 0.3) is 11.6 Å². The van der Waals surface area contributed by atoms with Gasteiger partial charge in [-0.2, -0.15) is 13.2 Å². The molecule has 0 unspecified atom stereocenters. The minimum absolute atomic E-state index is 0.0637. The van der Waals surface area contributed by atoms with Crippen LogP contribution in [-0.2, 0) is 17.5 Å². The predicted molar refractivity (Wildman–Crippen MR) is 106 cm³/mol. The molecule has 0 radical (unpaired) electrons. The Kier molecular flexibility index (Phi) is 5.85. The topological polar surface area (TPSA) is 86.1 Å². The Morgan fingerprint density at radius 3 is 2.58 bits per heavy atom. The van der Waals surface area contributed by atoms with Gasteiger partial charge < -0.3 is 14.2 Å². The summed E-state index contributed by atoms with van der Waals surface area (Å²) in [6.45, 7) is 0.313. The Balaban J connectivity index is 1.47. The number of alkyl halides is 3. The Bertz CT molecular complexity index is 1160. The summed E-state index contributed by atoms with van der Waals surface area (Å²) in [5.74, 6) is 1.06. The van der Waals surface area contributed by atoms with Crippen molar-refractivity contribution >= 4 is 23.4 Å². The third kappa shape index (κ3) is 5.00. The second-order valence-electron chi connectivity index (χ2n) is 6.36. The molecule has 0 atom stereocenters. The SMILES string of the molecule is O=C(CSc1nnc(-c2ccco2)n1Cc1ccco1)Nc1cccc(C(F)(F)F)c1. The molecule has 31 heavy (non-hydrogen) atoms. The van der Waals surface area contributed by atoms with Crippen LogP contribution in [0, 0.1) is 0 Å². The van der Waals surface area contributed by atoms with Crippen LogP contribution in [0.15, 0.2) is 75.0 Å². The van der Waals surface area contributed by atoms with Gasteiger partial charge in [-0.15, -0.1) is 10.2 Å². The van der Waals surface area contributed by atoms with E-state index in [1.165, 1.54) is 18.4 Å². The molecule has 0 bridgehead atoms. The van der Waals surface area contributed by atoms with Gasteiger partial charge in [-0.25, -0.2) is 0 Å². The van der Waals surface area contributed by atoms with E-state index in [-0.39, 0.29) is 11.4 Å². The lowest BCUT2D eigenvalue weighted by Crippen LogP contribution is -2.15. The van der Waals surface area contributed by atoms with Crippen LogP contribution in [0.3, 0.4) is 0 Å². The highest BCUT2D eigenvalue weighted by Gasteiger charge is 2.30. The number of hydrogen-bond acceptors (Lipinski definition) is 6. The van der Waals surface area contributed by atoms with Gasteiger partial charge in [-0.05, 0) is 42.5 Å². The van der Waals surface area contributed by atoms with Crippen molar-refractivity contribution in [3.05, 3.63) is 72.4 Å². The van der Waals surface area contributed by atoms with Crippen LogP contribution in [0.4, 0.5) is 18.9 Å². The summed E-state index contributed by atoms with van der Waals surface area (Å²) >= 11 is 1.10. The van der Waals surface area contributed by atoms with E-state index in [1.54, 1.807) is 35.1 Å². The minimum Gasteiger partial charge on any atom is -0.467 e. The number of carbonyl (C=O) groups is 1. The van der Waals surface area contributed by atoms with Crippen molar-refractivity contribution in [2.75, 3.05) is 11.1 Å². The lowest BCUT2D eigenvalue weighted by molar-refractivity contribution is -0.137. The van der Waals surface area contributed by atoms with Crippen LogP contribution in [-0.4, -0.2) is 26.4 Å². The molecule has 1 N–H and O–H groups in total. The van der Waals surface area contributed by atoms with Gasteiger partial charge in [0.2, 0.25) is 11.7 Å². The number of benzene rings is 1. The van der Waals surface area contributed by atoms with Crippen LogP contribution in [0.1, 0.15) is 11.3 Å². The van der Waals surface area contributed by atoms with Gasteiger partial charge in [0.05, 0.1) is 30.4 Å². The maximum absolute atomic E-state index is 12.8. The fraction of sp³-hybridized carbons (Fsp3) is 0.150. The summed E-state index contributed by atoms with van der Waals surface area (Å²) in [5.41, 5.74) is -0.770. The van der Waals surface area contributed by atoms with Crippen molar-refractivity contribution in [2.24, 2.45) is 0 Å². The van der Waals surface area contributed by atoms with Crippen molar-refractivity contribution < 1.29 is 26.8 Å². The van der Waals surface area contributed by atoms with Crippen molar-refractivity contribution in [3.8, 4) is 11.6 Å². The first-order chi connectivity index (χ1) is 14.9. The van der Waals surface area contributed by atoms with Gasteiger partial charge in [0.25, 0.3) is 0 Å². The Labute approximate surface area is 178 Å². The number of furan rings is 2. The first kappa shape index (κ1) is 20.8. The van der Waals surface area contributed by atoms with E-state index in [9.17, 15) is 18.0 Å². The molecule has 0 saturated heterocycles. The molecule has 0 fully saturated rings. The van der Waals surface area contributed by atoms with Gasteiger partial charge in [-0.1, -0.05) is 17.8 Å². The molecule has 160 valence electrons. The summed E-state index contributed by atoms with van der Waals surface area (Å²) in [7, 11) is 0. The standard InChI is InChI=1S/C20H15F3N4O3S/c21-20(22,23)13-4-1-5-14(10-13)24-17(28)12-31-19-26-25-18(16-7-3-9-30-16)27(19)11-15-6-2-8-29-15/h1-10H,11-12H2,(H,24,28). The van der Waals surface area contributed by atoms with Crippen molar-refractivity contribution in [2.45, 2.75) is 17.9 Å². The highest BCUT2D eigenvalue weighted by molar-refractivity contribution is 7.99. The number of anilines is 1. The summed E-state index contributed by atoms with van der Waals surface area (Å²) in [4.78, 5) is 12.3. The highest BCUT2D eigenvalue weighted by atomic mass is 32.2. The molecule has 0 saturated carbocycles. The first-order valence-corrected chi connectivity index (χ1v) is 9.98. The second kappa shape index (κ2) is 8.72. The lowest BCUT2D eigenvalue weighted by atomic mass is 10.2. The zero-order valence-electron chi connectivity index (χ0n) is 15.8. The number of carbonyl (C=O) groups excluding carboxylic acids is 1. The quantitative estimate of drug-likeness (QED) is 0.404. The van der Waals surface area contributed by atoms with Crippen LogP contribution in [0.2, 0.25) is 0 Å². The summed E-state index contributed by atoms with van der Waals surface area (Å²) < 4.78 is 51.1. The number of amides is 1. The molecule has 1 aromatic carbocycles. The fourth-order valence-electron chi connectivity index (χ4n) is 2.78. The first-order valence-electron chi connectivity index (χ1n) is 8.99. The van der Waals surface area contributed by atoms with Crippen LogP contribution in [0.5, 0.6) is 0 Å². The fourth-order valence-corrected chi connectivity index (χ4v) is 3.52. The number of rotatable bonds is 7. The average Bonchev–Trinajstić information content (AvgIpc) is 3.49. The summed E-state index contributed by atoms with van der Waals surface area (Å²) in [5, 5.41) is 11.2. The monoisotopic (exact) mass is 448 g/mol. The number of hydrogen-bond donors (Lipinski definition) is 1. The van der Waals surface area contributed by atoms with E-state index in [0.29, 0.717) is 29.0 Å². The van der Waals surface area contributed by atoms with Crippen molar-refractivity contribution in [3.63, 3.8) is 0 Å². The largest absolute Gasteiger partial charge is 0.467 e. The number of nitrogens with one attached hydrogen (secondary N) is 1. The molecule has 4 rings (SSSR count). The number of aromatic nitrogens is 3. The maximum atomic E-state index is 12.8. The molecule has 4 aromatic rings. The van der Waals surface area contributed by atoms with E-state index in [4.69, 9.17) is 8.83 Å². The molecular formula is C20H15F3N4O3S. The predicted octanol–water partition coefficient (Wildman–Crippen LogP) is 4.93. The van der Waals surface area contributed by atoms with E-state index in [1.807, 2.05) is 0 Å². The highest BCUT2D eigenvalue weighted by Crippen LogP contribution is 2.31. The Morgan fingerprint density at radius 1 is 1.06 bits per heavy atom. The lowest BCUT2D eigenvalue weighted by Gasteiger charge is -2.10. The molecule has 0 aliphatic carbocycles. The van der Waals surface area contributed by atoms with Gasteiger partial charge in [0, 0.05) is 5.69 Å². The molecule has 3 heterocycles. The minimum atomic E-state index is -4.49. The Morgan fingerprint density at radius 2 is 1.87 bits per heavy atom. The zero-order valence-corrected chi connectivity index (χ0v) is 16.6. The third-order valence-electron chi connectivity index (χ3n) is 4.16. The molecule has 1 amide bonds. The molecule has 7 nitrogen and oxygen atoms in total. The Hall–Kier alpha value is -3.47.